The Morgan fingerprint density at radius 1 is 1.54 bits per heavy atom. The Labute approximate surface area is 83.4 Å². The molecule has 3 N–H and O–H groups in total. The summed E-state index contributed by atoms with van der Waals surface area (Å²) in [6, 6.07) is 0. The van der Waals surface area contributed by atoms with Crippen molar-refractivity contribution in [1.29, 1.82) is 0 Å². The number of nitrogens with zero attached hydrogens (tertiary/aromatic N) is 1. The van der Waals surface area contributed by atoms with Gasteiger partial charge in [0.25, 0.3) is 0 Å². The van der Waals surface area contributed by atoms with E-state index in [-0.39, 0.29) is 0 Å². The SMILES string of the molecule is CCCCNCCc1csc(N)n1. The molecule has 13 heavy (non-hydrogen) atoms. The van der Waals surface area contributed by atoms with Gasteiger partial charge in [-0.3, -0.25) is 0 Å². The number of nitrogen functional groups attached to an aromatic ring is 1. The summed E-state index contributed by atoms with van der Waals surface area (Å²) in [5.41, 5.74) is 6.62. The number of rotatable bonds is 6. The first-order valence-corrected chi connectivity index (χ1v) is 5.61. The Hall–Kier alpha value is -0.610. The zero-order valence-electron chi connectivity index (χ0n) is 8.05. The molecule has 0 amide bonds. The third kappa shape index (κ3) is 4.24. The fraction of sp³-hybridized carbons (Fsp3) is 0.667. The van der Waals surface area contributed by atoms with Gasteiger partial charge in [-0.05, 0) is 13.0 Å². The second-order valence-electron chi connectivity index (χ2n) is 3.03. The number of nitrogens with one attached hydrogen (secondary N) is 1. The molecular formula is C9H17N3S. The van der Waals surface area contributed by atoms with E-state index in [1.165, 1.54) is 24.2 Å². The minimum atomic E-state index is 0.670. The van der Waals surface area contributed by atoms with E-state index < -0.39 is 0 Å². The topological polar surface area (TPSA) is 50.9 Å². The Balaban J connectivity index is 2.06. The molecule has 0 unspecified atom stereocenters. The summed E-state index contributed by atoms with van der Waals surface area (Å²) in [5, 5.41) is 6.06. The van der Waals surface area contributed by atoms with Crippen molar-refractivity contribution in [2.24, 2.45) is 0 Å². The summed E-state index contributed by atoms with van der Waals surface area (Å²) in [4.78, 5) is 4.18. The maximum absolute atomic E-state index is 5.52. The van der Waals surface area contributed by atoms with Gasteiger partial charge in [0, 0.05) is 18.3 Å². The minimum absolute atomic E-state index is 0.670. The molecule has 1 heterocycles. The van der Waals surface area contributed by atoms with Gasteiger partial charge in [0.05, 0.1) is 5.69 Å². The summed E-state index contributed by atoms with van der Waals surface area (Å²) in [5.74, 6) is 0. The highest BCUT2D eigenvalue weighted by atomic mass is 32.1. The fourth-order valence-electron chi connectivity index (χ4n) is 1.08. The lowest BCUT2D eigenvalue weighted by Gasteiger charge is -2.00. The van der Waals surface area contributed by atoms with Gasteiger partial charge in [-0.1, -0.05) is 13.3 Å². The molecule has 0 aliphatic rings. The van der Waals surface area contributed by atoms with E-state index in [2.05, 4.69) is 17.2 Å². The van der Waals surface area contributed by atoms with E-state index in [9.17, 15) is 0 Å². The van der Waals surface area contributed by atoms with E-state index in [1.807, 2.05) is 5.38 Å². The van der Waals surface area contributed by atoms with Crippen LogP contribution in [-0.4, -0.2) is 18.1 Å². The number of thiazole rings is 1. The van der Waals surface area contributed by atoms with Gasteiger partial charge in [-0.2, -0.15) is 0 Å². The molecule has 0 aliphatic heterocycles. The second kappa shape index (κ2) is 5.94. The molecule has 0 spiro atoms. The number of anilines is 1. The van der Waals surface area contributed by atoms with Gasteiger partial charge in [-0.25, -0.2) is 4.98 Å². The van der Waals surface area contributed by atoms with Crippen LogP contribution in [0, 0.1) is 0 Å². The quantitative estimate of drug-likeness (QED) is 0.685. The van der Waals surface area contributed by atoms with E-state index in [1.54, 1.807) is 0 Å². The lowest BCUT2D eigenvalue weighted by molar-refractivity contribution is 0.637. The largest absolute Gasteiger partial charge is 0.375 e. The average molecular weight is 199 g/mol. The smallest absolute Gasteiger partial charge is 0.180 e. The third-order valence-corrected chi connectivity index (χ3v) is 2.56. The first-order chi connectivity index (χ1) is 6.33. The minimum Gasteiger partial charge on any atom is -0.375 e. The van der Waals surface area contributed by atoms with Crippen LogP contribution < -0.4 is 11.1 Å². The normalized spacial score (nSPS) is 10.5. The monoisotopic (exact) mass is 199 g/mol. The van der Waals surface area contributed by atoms with Crippen molar-refractivity contribution in [2.45, 2.75) is 26.2 Å². The van der Waals surface area contributed by atoms with Crippen LogP contribution in [0.25, 0.3) is 0 Å². The second-order valence-corrected chi connectivity index (χ2v) is 3.92. The molecule has 1 aromatic heterocycles. The van der Waals surface area contributed by atoms with Crippen LogP contribution in [-0.2, 0) is 6.42 Å². The maximum Gasteiger partial charge on any atom is 0.180 e. The van der Waals surface area contributed by atoms with Crippen LogP contribution in [0.5, 0.6) is 0 Å². The van der Waals surface area contributed by atoms with E-state index in [0.29, 0.717) is 5.13 Å². The molecule has 0 saturated carbocycles. The molecule has 0 atom stereocenters. The number of nitrogens with two attached hydrogens (primary N) is 1. The fourth-order valence-corrected chi connectivity index (χ4v) is 1.68. The van der Waals surface area contributed by atoms with Crippen molar-refractivity contribution in [3.63, 3.8) is 0 Å². The molecule has 0 aliphatic carbocycles. The van der Waals surface area contributed by atoms with Crippen molar-refractivity contribution < 1.29 is 0 Å². The highest BCUT2D eigenvalue weighted by Crippen LogP contribution is 2.10. The summed E-state index contributed by atoms with van der Waals surface area (Å²) in [6.45, 7) is 4.31. The molecule has 0 saturated heterocycles. The lowest BCUT2D eigenvalue weighted by atomic mass is 10.3. The van der Waals surface area contributed by atoms with Crippen molar-refractivity contribution in [3.05, 3.63) is 11.1 Å². The molecule has 0 fully saturated rings. The van der Waals surface area contributed by atoms with Gasteiger partial charge in [-0.15, -0.1) is 11.3 Å². The van der Waals surface area contributed by atoms with Crippen molar-refractivity contribution in [3.8, 4) is 0 Å². The maximum atomic E-state index is 5.52. The zero-order chi connectivity index (χ0) is 9.52. The molecule has 0 bridgehead atoms. The molecular weight excluding hydrogens is 182 g/mol. The number of hydrogen-bond acceptors (Lipinski definition) is 4. The average Bonchev–Trinajstić information content (AvgIpc) is 2.51. The van der Waals surface area contributed by atoms with Crippen molar-refractivity contribution in [1.82, 2.24) is 10.3 Å². The zero-order valence-corrected chi connectivity index (χ0v) is 8.86. The molecule has 0 radical (unpaired) electrons. The van der Waals surface area contributed by atoms with E-state index in [4.69, 9.17) is 5.73 Å². The Morgan fingerprint density at radius 3 is 3.00 bits per heavy atom. The molecule has 1 rings (SSSR count). The molecule has 74 valence electrons. The van der Waals surface area contributed by atoms with Crippen LogP contribution in [0.3, 0.4) is 0 Å². The highest BCUT2D eigenvalue weighted by molar-refractivity contribution is 7.13. The van der Waals surface area contributed by atoms with Crippen LogP contribution in [0.2, 0.25) is 0 Å². The van der Waals surface area contributed by atoms with Gasteiger partial charge in [0.1, 0.15) is 0 Å². The lowest BCUT2D eigenvalue weighted by Crippen LogP contribution is -2.18. The Kier molecular flexibility index (Phi) is 4.78. The molecule has 1 aromatic rings. The summed E-state index contributed by atoms with van der Waals surface area (Å²) in [6.07, 6.45) is 3.48. The van der Waals surface area contributed by atoms with Gasteiger partial charge in [0.15, 0.2) is 5.13 Å². The van der Waals surface area contributed by atoms with Gasteiger partial charge >= 0.3 is 0 Å². The Morgan fingerprint density at radius 2 is 2.38 bits per heavy atom. The van der Waals surface area contributed by atoms with E-state index >= 15 is 0 Å². The number of hydrogen-bond donors (Lipinski definition) is 2. The summed E-state index contributed by atoms with van der Waals surface area (Å²) >= 11 is 1.51. The number of unbranched alkanes of at least 4 members (excludes halogenated alkanes) is 1. The van der Waals surface area contributed by atoms with Gasteiger partial charge < -0.3 is 11.1 Å². The summed E-state index contributed by atoms with van der Waals surface area (Å²) in [7, 11) is 0. The van der Waals surface area contributed by atoms with Crippen molar-refractivity contribution in [2.75, 3.05) is 18.8 Å². The number of aromatic nitrogens is 1. The van der Waals surface area contributed by atoms with Gasteiger partial charge in [0.2, 0.25) is 0 Å². The van der Waals surface area contributed by atoms with Crippen LogP contribution >= 0.6 is 11.3 Å². The predicted molar refractivity (Wildman–Crippen MR) is 58.0 cm³/mol. The van der Waals surface area contributed by atoms with Crippen LogP contribution in [0.15, 0.2) is 5.38 Å². The predicted octanol–water partition coefficient (Wildman–Crippen LogP) is 1.66. The Bertz CT molecular complexity index is 235. The van der Waals surface area contributed by atoms with Crippen LogP contribution in [0.1, 0.15) is 25.5 Å². The standard InChI is InChI=1S/C9H17N3S/c1-2-3-5-11-6-4-8-7-13-9(10)12-8/h7,11H,2-6H2,1H3,(H2,10,12). The molecule has 3 nitrogen and oxygen atoms in total. The summed E-state index contributed by atoms with van der Waals surface area (Å²) < 4.78 is 0. The molecule has 0 aromatic carbocycles. The molecule has 4 heteroatoms. The highest BCUT2D eigenvalue weighted by Gasteiger charge is 1.97. The first kappa shape index (κ1) is 10.5. The third-order valence-electron chi connectivity index (χ3n) is 1.83. The first-order valence-electron chi connectivity index (χ1n) is 4.73. The van der Waals surface area contributed by atoms with Crippen LogP contribution in [0.4, 0.5) is 5.13 Å². The van der Waals surface area contributed by atoms with E-state index in [0.717, 1.165) is 25.2 Å². The van der Waals surface area contributed by atoms with Crippen molar-refractivity contribution >= 4 is 16.5 Å².